The third-order valence-corrected chi connectivity index (χ3v) is 9.67. The first kappa shape index (κ1) is 54.3. The quantitative estimate of drug-likeness (QED) is 0.0274. The van der Waals surface area contributed by atoms with Crippen molar-refractivity contribution in [1.29, 1.82) is 0 Å². The Hall–Kier alpha value is -3.72. The lowest BCUT2D eigenvalue weighted by atomic mass is 10.1. The molecule has 0 rings (SSSR count). The number of allylic oxidation sites excluding steroid dienone is 11. The summed E-state index contributed by atoms with van der Waals surface area (Å²) in [7, 11) is 0. The van der Waals surface area contributed by atoms with E-state index in [0.717, 1.165) is 51.4 Å². The number of aliphatic hydroxyl groups excluding tert-OH is 1. The lowest BCUT2D eigenvalue weighted by Crippen LogP contribution is -2.47. The average Bonchev–Trinajstić information content (AvgIpc) is 3.21. The summed E-state index contributed by atoms with van der Waals surface area (Å²) in [5.74, 6) is -2.58. The second kappa shape index (κ2) is 42.9. The number of rotatable bonds is 40. The van der Waals surface area contributed by atoms with Gasteiger partial charge >= 0.3 is 11.9 Å². The van der Waals surface area contributed by atoms with Gasteiger partial charge in [0.15, 0.2) is 0 Å². The normalized spacial score (nSPS) is 13.2. The van der Waals surface area contributed by atoms with E-state index in [1.807, 2.05) is 12.2 Å². The Morgan fingerprint density at radius 1 is 0.552 bits per heavy atom. The molecule has 9 heteroatoms. The summed E-state index contributed by atoms with van der Waals surface area (Å²) in [5.41, 5.74) is 0. The van der Waals surface area contributed by atoms with Crippen LogP contribution in [0.5, 0.6) is 0 Å². The Balaban J connectivity index is 4.47. The molecule has 0 radical (unpaired) electrons. The monoisotopic (exact) mass is 811 g/mol. The van der Waals surface area contributed by atoms with Crippen molar-refractivity contribution in [2.75, 3.05) is 13.2 Å². The number of esters is 1. The second-order valence-corrected chi connectivity index (χ2v) is 15.1. The molecule has 0 saturated carbocycles. The molecule has 0 aromatic carbocycles. The lowest BCUT2D eigenvalue weighted by Gasteiger charge is -2.15. The lowest BCUT2D eigenvalue weighted by molar-refractivity contribution is -0.147. The van der Waals surface area contributed by atoms with Crippen molar-refractivity contribution in [3.63, 3.8) is 0 Å². The maximum absolute atomic E-state index is 12.8. The van der Waals surface area contributed by atoms with Crippen LogP contribution in [0.15, 0.2) is 72.9 Å². The second-order valence-electron chi connectivity index (χ2n) is 15.1. The van der Waals surface area contributed by atoms with Gasteiger partial charge in [-0.3, -0.25) is 14.4 Å². The number of amides is 2. The zero-order chi connectivity index (χ0) is 42.6. The van der Waals surface area contributed by atoms with Crippen molar-refractivity contribution >= 4 is 23.8 Å². The van der Waals surface area contributed by atoms with E-state index in [1.165, 1.54) is 89.9 Å². The first-order valence-corrected chi connectivity index (χ1v) is 22.8. The van der Waals surface area contributed by atoms with Crippen molar-refractivity contribution in [1.82, 2.24) is 10.6 Å². The Morgan fingerprint density at radius 2 is 1.03 bits per heavy atom. The van der Waals surface area contributed by atoms with Gasteiger partial charge < -0.3 is 25.6 Å². The highest BCUT2D eigenvalue weighted by Crippen LogP contribution is 2.15. The number of carbonyl (C=O) groups is 4. The highest BCUT2D eigenvalue weighted by molar-refractivity contribution is 5.87. The third kappa shape index (κ3) is 39.1. The van der Waals surface area contributed by atoms with Crippen LogP contribution < -0.4 is 10.6 Å². The fourth-order valence-electron chi connectivity index (χ4n) is 6.18. The van der Waals surface area contributed by atoms with Gasteiger partial charge in [0, 0.05) is 12.8 Å². The fourth-order valence-corrected chi connectivity index (χ4v) is 6.18. The number of aliphatic carboxylic acids is 1. The number of carbonyl (C=O) groups excluding carboxylic acids is 3. The summed E-state index contributed by atoms with van der Waals surface area (Å²) in [6, 6.07) is -1.41. The molecule has 330 valence electrons. The molecule has 0 aromatic rings. The molecular weight excluding hydrogens is 729 g/mol. The highest BCUT2D eigenvalue weighted by Gasteiger charge is 2.19. The summed E-state index contributed by atoms with van der Waals surface area (Å²) < 4.78 is 5.86. The minimum absolute atomic E-state index is 0.179. The van der Waals surface area contributed by atoms with Gasteiger partial charge in [-0.05, 0) is 89.5 Å². The van der Waals surface area contributed by atoms with E-state index in [9.17, 15) is 19.2 Å². The van der Waals surface area contributed by atoms with E-state index >= 15 is 0 Å². The van der Waals surface area contributed by atoms with E-state index in [-0.39, 0.29) is 30.9 Å². The molecular formula is C49H82N2O7. The molecule has 0 bridgehead atoms. The fraction of sp³-hybridized carbons (Fsp3) is 0.673. The van der Waals surface area contributed by atoms with Crippen molar-refractivity contribution in [3.05, 3.63) is 72.9 Å². The van der Waals surface area contributed by atoms with Crippen LogP contribution in [-0.2, 0) is 23.9 Å². The largest absolute Gasteiger partial charge is 0.480 e. The van der Waals surface area contributed by atoms with Gasteiger partial charge in [-0.2, -0.15) is 0 Å². The SMILES string of the molecule is CC/C=C\C/C=C\C/C=C\C/C=C\C/C=C\C(CCCCC(=O)NCC(=O)NC(CO)C(=O)O)OC(=O)CCCCCCCCCCC/C=C\CCCCCCCC. The number of ether oxygens (including phenoxy) is 1. The molecule has 0 saturated heterocycles. The molecule has 2 atom stereocenters. The molecule has 2 unspecified atom stereocenters. The van der Waals surface area contributed by atoms with Crippen molar-refractivity contribution in [2.24, 2.45) is 0 Å². The van der Waals surface area contributed by atoms with Crippen LogP contribution in [0.3, 0.4) is 0 Å². The van der Waals surface area contributed by atoms with Gasteiger partial charge in [-0.1, -0.05) is 158 Å². The predicted octanol–water partition coefficient (Wildman–Crippen LogP) is 11.5. The predicted molar refractivity (Wildman–Crippen MR) is 240 cm³/mol. The molecule has 0 spiro atoms. The number of hydrogen-bond donors (Lipinski definition) is 4. The van der Waals surface area contributed by atoms with E-state index in [1.54, 1.807) is 0 Å². The third-order valence-electron chi connectivity index (χ3n) is 9.67. The molecule has 0 aliphatic rings. The van der Waals surface area contributed by atoms with Crippen LogP contribution in [0.1, 0.15) is 187 Å². The molecule has 0 aliphatic carbocycles. The summed E-state index contributed by atoms with van der Waals surface area (Å²) in [5, 5.41) is 22.6. The topological polar surface area (TPSA) is 142 Å². The van der Waals surface area contributed by atoms with Gasteiger partial charge in [0.1, 0.15) is 12.1 Å². The number of hydrogen-bond acceptors (Lipinski definition) is 6. The van der Waals surface area contributed by atoms with Crippen LogP contribution in [0.25, 0.3) is 0 Å². The zero-order valence-electron chi connectivity index (χ0n) is 36.5. The van der Waals surface area contributed by atoms with Gasteiger partial charge in [0.25, 0.3) is 0 Å². The van der Waals surface area contributed by atoms with Crippen LogP contribution in [0.2, 0.25) is 0 Å². The van der Waals surface area contributed by atoms with E-state index < -0.39 is 24.5 Å². The molecule has 58 heavy (non-hydrogen) atoms. The smallest absolute Gasteiger partial charge is 0.328 e. The Morgan fingerprint density at radius 3 is 1.55 bits per heavy atom. The number of nitrogens with one attached hydrogen (secondary N) is 2. The van der Waals surface area contributed by atoms with Gasteiger partial charge in [-0.25, -0.2) is 4.79 Å². The van der Waals surface area contributed by atoms with Gasteiger partial charge in [0.2, 0.25) is 11.8 Å². The first-order valence-electron chi connectivity index (χ1n) is 22.8. The number of unbranched alkanes of at least 4 members (excludes halogenated alkanes) is 16. The van der Waals surface area contributed by atoms with E-state index in [0.29, 0.717) is 25.7 Å². The molecule has 0 aromatic heterocycles. The maximum Gasteiger partial charge on any atom is 0.328 e. The molecule has 0 aliphatic heterocycles. The minimum atomic E-state index is -1.41. The Kier molecular flexibility index (Phi) is 40.1. The van der Waals surface area contributed by atoms with Crippen LogP contribution >= 0.6 is 0 Å². The van der Waals surface area contributed by atoms with Crippen LogP contribution in [-0.4, -0.2) is 59.3 Å². The van der Waals surface area contributed by atoms with E-state index in [2.05, 4.69) is 85.2 Å². The standard InChI is InChI=1S/C49H82N2O7/c1-3-5-7-9-11-13-15-17-19-20-21-22-23-25-27-29-31-33-35-41-48(55)58-44(38-34-32-30-28-26-24-18-16-14-12-10-8-6-4-2)39-36-37-40-46(53)50-42-47(54)51-45(43-52)49(56)57/h6,8,12,14,17-19,24,28,30,34,38,44-45,52H,3-5,7,9-11,13,15-16,20-23,25-27,29,31-33,35-37,39-43H2,1-2H3,(H,50,53)(H,51,54)(H,56,57)/b8-6-,14-12-,19-17-,24-18-,30-28-,38-34-. The maximum atomic E-state index is 12.8. The summed E-state index contributed by atoms with van der Waals surface area (Å²) in [6.45, 7) is 3.28. The highest BCUT2D eigenvalue weighted by atomic mass is 16.5. The molecule has 0 heterocycles. The van der Waals surface area contributed by atoms with Crippen molar-refractivity contribution in [2.45, 2.75) is 199 Å². The molecule has 0 fully saturated rings. The van der Waals surface area contributed by atoms with E-state index in [4.69, 9.17) is 14.9 Å². The van der Waals surface area contributed by atoms with Crippen LogP contribution in [0.4, 0.5) is 0 Å². The summed E-state index contributed by atoms with van der Waals surface area (Å²) in [4.78, 5) is 47.9. The van der Waals surface area contributed by atoms with Crippen molar-refractivity contribution < 1.29 is 34.1 Å². The summed E-state index contributed by atoms with van der Waals surface area (Å²) >= 11 is 0. The Bertz CT molecular complexity index is 1200. The van der Waals surface area contributed by atoms with Gasteiger partial charge in [-0.15, -0.1) is 0 Å². The summed E-state index contributed by atoms with van der Waals surface area (Å²) in [6.07, 6.45) is 53.7. The Labute approximate surface area is 353 Å². The number of aliphatic hydroxyl groups is 1. The van der Waals surface area contributed by atoms with Crippen molar-refractivity contribution in [3.8, 4) is 0 Å². The van der Waals surface area contributed by atoms with Gasteiger partial charge in [0.05, 0.1) is 13.2 Å². The average molecular weight is 811 g/mol. The minimum Gasteiger partial charge on any atom is -0.480 e. The molecule has 2 amide bonds. The molecule has 4 N–H and O–H groups in total. The number of carboxylic acid groups (broad SMARTS) is 1. The molecule has 9 nitrogen and oxygen atoms in total. The van der Waals surface area contributed by atoms with Crippen LogP contribution in [0, 0.1) is 0 Å². The first-order chi connectivity index (χ1) is 28.3. The number of carboxylic acids is 1. The zero-order valence-corrected chi connectivity index (χ0v) is 36.5.